The quantitative estimate of drug-likeness (QED) is 0.00322. The summed E-state index contributed by atoms with van der Waals surface area (Å²) in [4.78, 5) is 29.1. The number of rotatable bonds is 30. The van der Waals surface area contributed by atoms with E-state index in [4.69, 9.17) is 55.9 Å². The summed E-state index contributed by atoms with van der Waals surface area (Å²) in [5.74, 6) is -1.82. The normalized spacial score (nSPS) is 16.1. The Morgan fingerprint density at radius 1 is 0.492 bits per heavy atom. The maximum Gasteiger partial charge on any atom is 1.00 e. The van der Waals surface area contributed by atoms with Crippen LogP contribution >= 0.6 is 78.3 Å². The number of hydrogen-bond donors (Lipinski definition) is 0. The summed E-state index contributed by atoms with van der Waals surface area (Å²) in [5.41, 5.74) is 9.06. The Kier molecular flexibility index (Phi) is 43.5. The van der Waals surface area contributed by atoms with E-state index < -0.39 is 91.7 Å². The Morgan fingerprint density at radius 3 is 1.12 bits per heavy atom. The second kappa shape index (κ2) is 46.9. The number of carbonyl (C=O) groups excluding carboxylic acids is 2. The molecule has 0 atom stereocenters. The fraction of sp³-hybridized carbons (Fsp3) is 0.410. The second-order valence-corrected chi connectivity index (χ2v) is 41.5. The number of carbonyl (C=O) groups is 2. The van der Waals surface area contributed by atoms with Gasteiger partial charge >= 0.3 is 96.4 Å². The largest absolute Gasteiger partial charge is 1.00 e. The van der Waals surface area contributed by atoms with Crippen LogP contribution in [0.15, 0.2) is 174 Å². The topological polar surface area (TPSA) is 406 Å². The number of halogens is 10. The molecule has 0 fully saturated rings. The summed E-state index contributed by atoms with van der Waals surface area (Å²) in [6.45, 7) is 22.9. The zero-order valence-corrected chi connectivity index (χ0v) is 82.4. The number of hydrogen-bond acceptors (Lipinski definition) is 27. The van der Waals surface area contributed by atoms with Crippen LogP contribution in [0.25, 0.3) is 0 Å². The van der Waals surface area contributed by atoms with Crippen LogP contribution in [-0.4, -0.2) is 154 Å². The van der Waals surface area contributed by atoms with Gasteiger partial charge in [-0.2, -0.15) is 17.8 Å². The fourth-order valence-corrected chi connectivity index (χ4v) is 18.8. The molecule has 0 amide bonds. The summed E-state index contributed by atoms with van der Waals surface area (Å²) in [7, 11) is -22.3. The summed E-state index contributed by atoms with van der Waals surface area (Å²) in [6, 6.07) is 24.7. The maximum atomic E-state index is 12.6. The molecule has 29 nitrogen and oxygen atoms in total. The third-order valence-electron chi connectivity index (χ3n) is 20.2. The zero-order chi connectivity index (χ0) is 94.2. The number of benzene rings is 6. The molecule has 0 aliphatic carbocycles. The van der Waals surface area contributed by atoms with E-state index in [9.17, 15) is 102 Å². The van der Waals surface area contributed by atoms with E-state index in [1.165, 1.54) is 24.3 Å². The molecular weight excluding hydrogens is 1970 g/mol. The Bertz CT molecular complexity index is 5820. The van der Waals surface area contributed by atoms with Gasteiger partial charge in [0.25, 0.3) is 0 Å². The van der Waals surface area contributed by atoms with E-state index in [0.717, 1.165) is 129 Å². The molecule has 6 aromatic rings. The van der Waals surface area contributed by atoms with Crippen molar-refractivity contribution < 1.29 is 196 Å². The van der Waals surface area contributed by atoms with Crippen molar-refractivity contribution in [3.05, 3.63) is 187 Å². The number of ether oxygens (including phenoxy) is 2. The first-order chi connectivity index (χ1) is 57.4. The predicted molar refractivity (Wildman–Crippen MR) is 478 cm³/mol. The smallest absolute Gasteiger partial charge is 1.00 e. The molecule has 0 unspecified atom stereocenters. The van der Waals surface area contributed by atoms with Gasteiger partial charge < -0.3 is 57.9 Å². The molecule has 720 valence electrons. The number of allylic oxidation sites excluding steroid dienone is 8. The van der Waals surface area contributed by atoms with Crippen LogP contribution in [0.2, 0.25) is 20.1 Å². The Hall–Kier alpha value is -5.66. The molecule has 4 aliphatic rings. The zero-order valence-electron chi connectivity index (χ0n) is 70.4. The fourth-order valence-electron chi connectivity index (χ4n) is 14.6. The van der Waals surface area contributed by atoms with Crippen LogP contribution in [0.3, 0.4) is 0 Å². The van der Waals surface area contributed by atoms with Gasteiger partial charge in [0.05, 0.1) is 103 Å². The molecule has 0 saturated heterocycles. The van der Waals surface area contributed by atoms with Crippen molar-refractivity contribution in [2.45, 2.75) is 201 Å². The number of esters is 1. The van der Waals surface area contributed by atoms with Crippen molar-refractivity contribution in [1.82, 2.24) is 4.90 Å². The van der Waals surface area contributed by atoms with Crippen LogP contribution in [0.5, 0.6) is 11.5 Å². The van der Waals surface area contributed by atoms with Gasteiger partial charge in [-0.25, -0.2) is 43.1 Å². The number of nitrogens with zero attached hydrogens (tertiary/aromatic N) is 6. The van der Waals surface area contributed by atoms with Gasteiger partial charge in [-0.15, -0.1) is 0 Å². The molecule has 10 rings (SSSR count). The predicted octanol–water partition coefficient (Wildman–Crippen LogP) is 15.0. The van der Waals surface area contributed by atoms with Gasteiger partial charge in [-0.1, -0.05) is 116 Å². The van der Waals surface area contributed by atoms with Gasteiger partial charge in [0.1, 0.15) is 53.6 Å². The first-order valence-corrected chi connectivity index (χ1v) is 48.2. The van der Waals surface area contributed by atoms with E-state index in [1.54, 1.807) is 49.8 Å². The minimum Gasteiger partial charge on any atom is 1.00 e. The number of carboxylic acid groups (broad SMARTS) is 1. The van der Waals surface area contributed by atoms with Crippen molar-refractivity contribution in [1.29, 1.82) is 0 Å². The summed E-state index contributed by atoms with van der Waals surface area (Å²) in [6.07, 6.45) is 16.0. The molecule has 0 saturated carbocycles. The van der Waals surface area contributed by atoms with Crippen LogP contribution < -0.4 is 86.3 Å². The van der Waals surface area contributed by atoms with Crippen LogP contribution in [-0.2, 0) is 90.5 Å². The van der Waals surface area contributed by atoms with E-state index in [1.807, 2.05) is 108 Å². The SMILES string of the molecule is C.C.C.C.CCN1C(=CC=CC2=[N+](CCCCCC(=O)Oc3c(Cl)cc(S(=O)(=O)[O-])cc3Cl)c3ccc(SOO[O-])cc3C2(C)C)C(C)(C)c2cc(S(=O)(=O)[O-])ccc21.CCN1C(=CC=CC2=[N+](CCCCCC(=O)[O-])c3ccc(SOO[O-])cc3C2(C)C)C(C)(C)c2cc(S(=O)(=O)[O-])ccc21.CN(C)C(Oc1c(Cl)cc(S(=O)(=O)[O-])cc1Cl)=[N+](C)C.F[P-](F)(F)(F)(F)F.[K+]. The minimum absolute atomic E-state index is 0. The summed E-state index contributed by atoms with van der Waals surface area (Å²) in [5, 5.41) is 38.1. The molecule has 6 aromatic carbocycles. The third-order valence-corrected chi connectivity index (χ3v) is 25.8. The molecule has 4 aliphatic heterocycles. The van der Waals surface area contributed by atoms with Gasteiger partial charge in [0.2, 0.25) is 11.4 Å². The maximum absolute atomic E-state index is 12.6. The molecule has 0 N–H and O–H groups in total. The number of anilines is 2. The van der Waals surface area contributed by atoms with E-state index in [0.29, 0.717) is 67.7 Å². The standard InChI is InChI=1S/C37H40Cl2N2O11S3.C31H38N2O8S2.C11H14Cl2N2O4S.4CH4.F6P.K/c1-6-40-30-17-15-24(54(44,45)46)20-27(30)37(4,5)32(40)11-10-12-33-36(2,3)26-19-23(53-52-51-43)14-16-31(26)41(33)18-9-7-8-13-34(42)50-35-28(38)21-25(22-29(35)39)55(47,48)49;1-6-32-25-17-15-22(43(37,38)39)20-24(25)31(4,5)27(32)11-10-12-28-30(2,3)23-19-21(42-41-40-36)14-16-26(23)33(28)18-9-7-8-13-29(34)35;1-14(2)11(15(3)4)19-10-8(12)5-7(6-9(10)13)20(16,17)18;;;;;1-7(2,3,4,5)6;/h10-12,14-17,19-22H,6-9,13,18H2,1-5H3,(H2-,43,44,45,46,47,48,49);10-12,14-17,19-20H,6-9,13,18H2,1-5H3,(H2-,34,35,36,37,38,39);5-6H,1-4H3;4*1H4;;/q;;;;;;;-1;+1/p-4. The molecule has 0 aromatic heterocycles. The molecule has 4 heterocycles. The van der Waals surface area contributed by atoms with Gasteiger partial charge in [0.15, 0.2) is 22.9 Å². The molecule has 130 heavy (non-hydrogen) atoms. The second-order valence-electron chi connectivity index (χ2n) is 30.9. The van der Waals surface area contributed by atoms with E-state index in [-0.39, 0.29) is 135 Å². The van der Waals surface area contributed by atoms with Crippen molar-refractivity contribution in [2.24, 2.45) is 0 Å². The van der Waals surface area contributed by atoms with Crippen LogP contribution in [0.4, 0.5) is 47.9 Å². The van der Waals surface area contributed by atoms with Crippen molar-refractivity contribution >= 4 is 171 Å². The Morgan fingerprint density at radius 2 is 0.823 bits per heavy atom. The molecule has 0 radical (unpaired) electrons. The average Bonchev–Trinajstić information content (AvgIpc) is 1.59. The molecule has 0 bridgehead atoms. The number of likely N-dealkylation sites (N-methyl/N-ethyl adjacent to an activating group) is 2. The number of unbranched alkanes of at least 4 members (excludes halogenated alkanes) is 4. The Labute approximate surface area is 827 Å². The van der Waals surface area contributed by atoms with Crippen molar-refractivity contribution in [3.8, 4) is 11.5 Å². The third kappa shape index (κ3) is 31.7. The first kappa shape index (κ1) is 120. The van der Waals surface area contributed by atoms with Crippen LogP contribution in [0.1, 0.15) is 173 Å². The first-order valence-electron chi connectivity index (χ1n) is 37.6. The van der Waals surface area contributed by atoms with Crippen molar-refractivity contribution in [3.63, 3.8) is 0 Å². The van der Waals surface area contributed by atoms with Crippen molar-refractivity contribution in [2.75, 3.05) is 64.2 Å². The van der Waals surface area contributed by atoms with Gasteiger partial charge in [0, 0.05) is 117 Å². The van der Waals surface area contributed by atoms with E-state index in [2.05, 4.69) is 71.5 Å². The minimum atomic E-state index is -10.7. The number of fused-ring (bicyclic) bond motifs is 4. The number of carboxylic acids is 1. The molecular formula is C83H104Cl4F6KN6O23PS6-4. The summed E-state index contributed by atoms with van der Waals surface area (Å²) < 4.78 is 223. The Balaban J connectivity index is 0.000000675. The average molecular weight is 2070 g/mol. The summed E-state index contributed by atoms with van der Waals surface area (Å²) >= 11 is 25.6. The molecule has 47 heteroatoms. The van der Waals surface area contributed by atoms with Gasteiger partial charge in [-0.3, -0.25) is 14.9 Å². The number of amidine groups is 1. The van der Waals surface area contributed by atoms with Crippen LogP contribution in [0, 0.1) is 0 Å². The number of aliphatic carboxylic acids is 1. The monoisotopic (exact) mass is 2070 g/mol. The molecule has 0 spiro atoms. The van der Waals surface area contributed by atoms with Gasteiger partial charge in [-0.05, 0) is 182 Å². The van der Waals surface area contributed by atoms with E-state index >= 15 is 0 Å².